The standard InChI is InChI=1S/C23H35N5O5S/c1-3-34(32,33)28(17-7-5-4-6-8-17)15(2)23(31)27-12-11-19(27)22(30)26-14-16-9-10-18(21(24)25)20(29)13-16/h9-10,13,15,17,19,29H,3-8,11-12,14H2,1-2H3,(H3,24,25)(H,26,30)/t15-,19-/m0/s1. The summed E-state index contributed by atoms with van der Waals surface area (Å²) in [5.74, 6) is -1.14. The summed E-state index contributed by atoms with van der Waals surface area (Å²) in [7, 11) is -3.58. The van der Waals surface area contributed by atoms with E-state index >= 15 is 0 Å². The molecule has 34 heavy (non-hydrogen) atoms. The fourth-order valence-electron chi connectivity index (χ4n) is 4.76. The molecule has 0 radical (unpaired) electrons. The van der Waals surface area contributed by atoms with E-state index in [1.165, 1.54) is 21.3 Å². The average Bonchev–Trinajstić information content (AvgIpc) is 2.77. The predicted molar refractivity (Wildman–Crippen MR) is 129 cm³/mol. The predicted octanol–water partition coefficient (Wildman–Crippen LogP) is 1.27. The monoisotopic (exact) mass is 493 g/mol. The van der Waals surface area contributed by atoms with E-state index in [0.717, 1.165) is 32.1 Å². The number of nitrogens with one attached hydrogen (secondary N) is 2. The molecule has 10 nitrogen and oxygen atoms in total. The van der Waals surface area contributed by atoms with Crippen LogP contribution in [0.25, 0.3) is 0 Å². The summed E-state index contributed by atoms with van der Waals surface area (Å²) in [6.45, 7) is 3.75. The van der Waals surface area contributed by atoms with Crippen LogP contribution in [-0.2, 0) is 26.2 Å². The molecule has 188 valence electrons. The molecular formula is C23H35N5O5S. The molecule has 1 saturated heterocycles. The molecule has 1 aliphatic carbocycles. The molecule has 2 amide bonds. The second-order valence-electron chi connectivity index (χ2n) is 9.02. The quantitative estimate of drug-likeness (QED) is 0.300. The van der Waals surface area contributed by atoms with Crippen LogP contribution in [0, 0.1) is 5.41 Å². The lowest BCUT2D eigenvalue weighted by atomic mass is 9.94. The van der Waals surface area contributed by atoms with Crippen molar-refractivity contribution in [2.75, 3.05) is 12.3 Å². The molecule has 0 aromatic heterocycles. The lowest BCUT2D eigenvalue weighted by Crippen LogP contribution is -2.63. The number of amides is 2. The van der Waals surface area contributed by atoms with Gasteiger partial charge in [-0.05, 0) is 50.8 Å². The zero-order chi connectivity index (χ0) is 25.0. The lowest BCUT2D eigenvalue weighted by Gasteiger charge is -2.44. The van der Waals surface area contributed by atoms with Crippen LogP contribution in [0.15, 0.2) is 18.2 Å². The number of hydrogen-bond acceptors (Lipinski definition) is 6. The van der Waals surface area contributed by atoms with Crippen molar-refractivity contribution in [1.82, 2.24) is 14.5 Å². The minimum absolute atomic E-state index is 0.0691. The van der Waals surface area contributed by atoms with E-state index in [1.54, 1.807) is 19.9 Å². The summed E-state index contributed by atoms with van der Waals surface area (Å²) in [6.07, 6.45) is 4.95. The zero-order valence-electron chi connectivity index (χ0n) is 19.8. The average molecular weight is 494 g/mol. The number of nitrogens with zero attached hydrogens (tertiary/aromatic N) is 2. The van der Waals surface area contributed by atoms with Gasteiger partial charge in [-0.25, -0.2) is 8.42 Å². The highest BCUT2D eigenvalue weighted by atomic mass is 32.2. The van der Waals surface area contributed by atoms with Gasteiger partial charge in [0, 0.05) is 19.1 Å². The number of sulfonamides is 1. The second-order valence-corrected chi connectivity index (χ2v) is 11.2. The van der Waals surface area contributed by atoms with E-state index in [4.69, 9.17) is 11.1 Å². The van der Waals surface area contributed by atoms with E-state index in [1.807, 2.05) is 0 Å². The van der Waals surface area contributed by atoms with Gasteiger partial charge in [0.05, 0.1) is 11.3 Å². The maximum Gasteiger partial charge on any atom is 0.243 e. The van der Waals surface area contributed by atoms with Gasteiger partial charge in [-0.2, -0.15) is 4.31 Å². The molecule has 1 aromatic rings. The highest BCUT2D eigenvalue weighted by molar-refractivity contribution is 7.89. The first-order valence-electron chi connectivity index (χ1n) is 11.8. The first kappa shape index (κ1) is 26.0. The van der Waals surface area contributed by atoms with Gasteiger partial charge < -0.3 is 21.1 Å². The summed E-state index contributed by atoms with van der Waals surface area (Å²) in [5, 5.41) is 20.2. The Labute approximate surface area is 201 Å². The molecular weight excluding hydrogens is 458 g/mol. The van der Waals surface area contributed by atoms with Crippen molar-refractivity contribution in [2.45, 2.75) is 77.0 Å². The Morgan fingerprint density at radius 2 is 1.94 bits per heavy atom. The number of phenolic OH excluding ortho intramolecular Hbond substituents is 1. The topological polar surface area (TPSA) is 157 Å². The van der Waals surface area contributed by atoms with Gasteiger partial charge in [0.25, 0.3) is 0 Å². The molecule has 0 spiro atoms. The smallest absolute Gasteiger partial charge is 0.243 e. The Morgan fingerprint density at radius 1 is 1.26 bits per heavy atom. The van der Waals surface area contributed by atoms with Gasteiger partial charge in [-0.3, -0.25) is 15.0 Å². The Morgan fingerprint density at radius 3 is 2.47 bits per heavy atom. The number of benzene rings is 1. The van der Waals surface area contributed by atoms with Crippen LogP contribution in [0.3, 0.4) is 0 Å². The van der Waals surface area contributed by atoms with Gasteiger partial charge >= 0.3 is 0 Å². The molecule has 2 aliphatic rings. The van der Waals surface area contributed by atoms with E-state index in [2.05, 4.69) is 5.32 Å². The van der Waals surface area contributed by atoms with E-state index in [-0.39, 0.29) is 47.3 Å². The molecule has 1 aromatic carbocycles. The Balaban J connectivity index is 1.65. The summed E-state index contributed by atoms with van der Waals surface area (Å²) >= 11 is 0. The van der Waals surface area contributed by atoms with Crippen LogP contribution in [0.4, 0.5) is 0 Å². The summed E-state index contributed by atoms with van der Waals surface area (Å²) in [4.78, 5) is 27.5. The number of amidine groups is 1. The molecule has 2 atom stereocenters. The molecule has 1 saturated carbocycles. The maximum atomic E-state index is 13.3. The second kappa shape index (κ2) is 10.7. The first-order chi connectivity index (χ1) is 16.1. The third-order valence-corrected chi connectivity index (χ3v) is 8.77. The van der Waals surface area contributed by atoms with Crippen LogP contribution >= 0.6 is 0 Å². The molecule has 0 bridgehead atoms. The third-order valence-electron chi connectivity index (χ3n) is 6.78. The SMILES string of the molecule is CCS(=O)(=O)N(C1CCCCC1)[C@@H](C)C(=O)N1CC[C@H]1C(=O)NCc1ccc(C(=N)N)c(O)c1. The number of aromatic hydroxyl groups is 1. The van der Waals surface area contributed by atoms with Crippen molar-refractivity contribution in [2.24, 2.45) is 5.73 Å². The molecule has 0 unspecified atom stereocenters. The summed E-state index contributed by atoms with van der Waals surface area (Å²) < 4.78 is 27.1. The fourth-order valence-corrected chi connectivity index (χ4v) is 6.30. The van der Waals surface area contributed by atoms with Crippen LogP contribution < -0.4 is 11.1 Å². The van der Waals surface area contributed by atoms with E-state index < -0.39 is 22.1 Å². The minimum atomic E-state index is -3.58. The van der Waals surface area contributed by atoms with Crippen molar-refractivity contribution >= 4 is 27.7 Å². The fraction of sp³-hybridized carbons (Fsp3) is 0.609. The van der Waals surface area contributed by atoms with Gasteiger partial charge in [-0.1, -0.05) is 25.3 Å². The minimum Gasteiger partial charge on any atom is -0.507 e. The largest absolute Gasteiger partial charge is 0.507 e. The molecule has 5 N–H and O–H groups in total. The number of carbonyl (C=O) groups excluding carboxylic acids is 2. The number of phenols is 1. The number of nitrogen functional groups attached to an aromatic ring is 1. The van der Waals surface area contributed by atoms with Crippen LogP contribution in [0.2, 0.25) is 0 Å². The van der Waals surface area contributed by atoms with Crippen LogP contribution in [-0.4, -0.2) is 70.8 Å². The summed E-state index contributed by atoms with van der Waals surface area (Å²) in [5.41, 5.74) is 6.24. The maximum absolute atomic E-state index is 13.3. The number of nitrogens with two attached hydrogens (primary N) is 1. The molecule has 1 aliphatic heterocycles. The van der Waals surface area contributed by atoms with Crippen LogP contribution in [0.5, 0.6) is 5.75 Å². The van der Waals surface area contributed by atoms with E-state index in [0.29, 0.717) is 18.5 Å². The van der Waals surface area contributed by atoms with Gasteiger partial charge in [-0.15, -0.1) is 0 Å². The number of hydrogen-bond donors (Lipinski definition) is 4. The molecule has 2 fully saturated rings. The molecule has 1 heterocycles. The van der Waals surface area contributed by atoms with Gasteiger partial charge in [0.15, 0.2) is 0 Å². The Kier molecular flexibility index (Phi) is 8.19. The van der Waals surface area contributed by atoms with Gasteiger partial charge in [0.1, 0.15) is 23.7 Å². The van der Waals surface area contributed by atoms with Crippen LogP contribution in [0.1, 0.15) is 63.5 Å². The molecule has 11 heteroatoms. The third kappa shape index (κ3) is 5.52. The normalized spacial score (nSPS) is 20.0. The van der Waals surface area contributed by atoms with Crippen molar-refractivity contribution in [3.8, 4) is 5.75 Å². The highest BCUT2D eigenvalue weighted by Gasteiger charge is 2.44. The number of rotatable bonds is 9. The van der Waals surface area contributed by atoms with Crippen molar-refractivity contribution in [3.05, 3.63) is 29.3 Å². The number of likely N-dealkylation sites (tertiary alicyclic amines) is 1. The van der Waals surface area contributed by atoms with Crippen molar-refractivity contribution in [1.29, 1.82) is 5.41 Å². The van der Waals surface area contributed by atoms with E-state index in [9.17, 15) is 23.1 Å². The Hall–Kier alpha value is -2.66. The number of carbonyl (C=O) groups is 2. The van der Waals surface area contributed by atoms with Gasteiger partial charge in [0.2, 0.25) is 21.8 Å². The Bertz CT molecular complexity index is 1040. The van der Waals surface area contributed by atoms with Crippen molar-refractivity contribution in [3.63, 3.8) is 0 Å². The first-order valence-corrected chi connectivity index (χ1v) is 13.4. The lowest BCUT2D eigenvalue weighted by molar-refractivity contribution is -0.150. The molecule has 3 rings (SSSR count). The highest BCUT2D eigenvalue weighted by Crippen LogP contribution is 2.29. The zero-order valence-corrected chi connectivity index (χ0v) is 20.6. The summed E-state index contributed by atoms with van der Waals surface area (Å²) in [6, 6.07) is 2.89. The van der Waals surface area contributed by atoms with Crippen molar-refractivity contribution < 1.29 is 23.1 Å².